The Morgan fingerprint density at radius 1 is 1.07 bits per heavy atom. The zero-order valence-corrected chi connectivity index (χ0v) is 18.3. The first-order valence-corrected chi connectivity index (χ1v) is 10.7. The van der Waals surface area contributed by atoms with Crippen LogP contribution in [0.5, 0.6) is 0 Å². The number of anilines is 1. The van der Waals surface area contributed by atoms with Crippen molar-refractivity contribution in [3.05, 3.63) is 79.6 Å². The second kappa shape index (κ2) is 7.84. The van der Waals surface area contributed by atoms with Crippen molar-refractivity contribution < 1.29 is 4.79 Å². The molecule has 0 aliphatic carbocycles. The second-order valence-electron chi connectivity index (χ2n) is 6.24. The summed E-state index contributed by atoms with van der Waals surface area (Å²) in [5, 5.41) is 1.87. The van der Waals surface area contributed by atoms with Gasteiger partial charge in [-0.1, -0.05) is 51.3 Å². The highest BCUT2D eigenvalue weighted by atomic mass is 79.9. The molecule has 0 saturated carbocycles. The van der Waals surface area contributed by atoms with E-state index in [2.05, 4.69) is 20.9 Å². The summed E-state index contributed by atoms with van der Waals surface area (Å²) >= 11 is 17.0. The third-order valence-corrected chi connectivity index (χ3v) is 6.56. The van der Waals surface area contributed by atoms with Crippen molar-refractivity contribution in [1.29, 1.82) is 0 Å². The fourth-order valence-electron chi connectivity index (χ4n) is 2.92. The molecule has 2 aromatic heterocycles. The van der Waals surface area contributed by atoms with E-state index in [0.29, 0.717) is 37.6 Å². The lowest BCUT2D eigenvalue weighted by Gasteiger charge is -2.04. The molecule has 0 spiro atoms. The van der Waals surface area contributed by atoms with Gasteiger partial charge in [0.05, 0.1) is 21.3 Å². The normalized spacial score (nSPS) is 11.1. The van der Waals surface area contributed by atoms with Gasteiger partial charge < -0.3 is 5.73 Å². The van der Waals surface area contributed by atoms with Crippen molar-refractivity contribution >= 4 is 72.2 Å². The molecule has 0 aliphatic rings. The summed E-state index contributed by atoms with van der Waals surface area (Å²) < 4.78 is 0.975. The molecule has 0 atom stereocenters. The first kappa shape index (κ1) is 19.4. The van der Waals surface area contributed by atoms with Crippen LogP contribution in [0.25, 0.3) is 21.5 Å². The van der Waals surface area contributed by atoms with Gasteiger partial charge in [0, 0.05) is 26.9 Å². The van der Waals surface area contributed by atoms with Crippen molar-refractivity contribution in [3.8, 4) is 11.3 Å². The number of nitrogen functional groups attached to an aromatic ring is 1. The summed E-state index contributed by atoms with van der Waals surface area (Å²) in [6, 6.07) is 16.7. The maximum absolute atomic E-state index is 12.8. The number of hydrogen-bond acceptors (Lipinski definition) is 4. The largest absolute Gasteiger partial charge is 0.397 e. The fraction of sp³-hybridized carbons (Fsp3) is 0.0476. The molecule has 0 fully saturated rings. The van der Waals surface area contributed by atoms with E-state index in [-0.39, 0.29) is 5.78 Å². The van der Waals surface area contributed by atoms with Crippen LogP contribution in [0.15, 0.2) is 59.1 Å². The number of nitrogens with zero attached hydrogens (tertiary/aromatic N) is 1. The lowest BCUT2D eigenvalue weighted by atomic mass is 10.1. The molecule has 2 N–H and O–H groups in total. The van der Waals surface area contributed by atoms with Crippen LogP contribution in [0, 0.1) is 0 Å². The van der Waals surface area contributed by atoms with Crippen LogP contribution in [0.4, 0.5) is 5.69 Å². The highest BCUT2D eigenvalue weighted by Crippen LogP contribution is 2.36. The third kappa shape index (κ3) is 3.80. The topological polar surface area (TPSA) is 56.0 Å². The van der Waals surface area contributed by atoms with Crippen molar-refractivity contribution in [2.45, 2.75) is 6.42 Å². The van der Waals surface area contributed by atoms with Crippen LogP contribution in [-0.2, 0) is 6.42 Å². The van der Waals surface area contributed by atoms with E-state index in [9.17, 15) is 4.79 Å². The molecule has 2 aromatic carbocycles. The van der Waals surface area contributed by atoms with Crippen molar-refractivity contribution in [1.82, 2.24) is 4.98 Å². The molecule has 0 amide bonds. The number of ketones is 1. The van der Waals surface area contributed by atoms with Crippen LogP contribution >= 0.6 is 50.5 Å². The Hall–Kier alpha value is -1.92. The minimum atomic E-state index is -0.0195. The molecular weight excluding hydrogens is 479 g/mol. The third-order valence-electron chi connectivity index (χ3n) is 4.33. The number of hydrogen-bond donors (Lipinski definition) is 1. The van der Waals surface area contributed by atoms with Crippen LogP contribution in [-0.4, -0.2) is 10.8 Å². The van der Waals surface area contributed by atoms with Crippen LogP contribution in [0.1, 0.15) is 15.2 Å². The van der Waals surface area contributed by atoms with E-state index < -0.39 is 0 Å². The second-order valence-corrected chi connectivity index (χ2v) is 9.00. The maximum Gasteiger partial charge on any atom is 0.179 e. The number of nitrogens with two attached hydrogens (primary N) is 1. The number of rotatable bonds is 4. The van der Waals surface area contributed by atoms with E-state index in [0.717, 1.165) is 21.0 Å². The number of halogens is 3. The SMILES string of the molecule is Nc1c(C(=O)Cc2ccc(Br)cc2)sc2nc(-c3ccc(Cl)cc3Cl)ccc12. The van der Waals surface area contributed by atoms with E-state index >= 15 is 0 Å². The van der Waals surface area contributed by atoms with Crippen molar-refractivity contribution in [3.63, 3.8) is 0 Å². The van der Waals surface area contributed by atoms with Gasteiger partial charge in [0.15, 0.2) is 5.78 Å². The molecule has 140 valence electrons. The number of carbonyl (C=O) groups is 1. The van der Waals surface area contributed by atoms with Crippen LogP contribution in [0.3, 0.4) is 0 Å². The van der Waals surface area contributed by atoms with Gasteiger partial charge in [-0.3, -0.25) is 4.79 Å². The fourth-order valence-corrected chi connectivity index (χ4v) is 4.72. The zero-order chi connectivity index (χ0) is 19.8. The number of carbonyl (C=O) groups excluding carboxylic acids is 1. The Morgan fingerprint density at radius 3 is 2.54 bits per heavy atom. The van der Waals surface area contributed by atoms with Crippen molar-refractivity contribution in [2.75, 3.05) is 5.73 Å². The highest BCUT2D eigenvalue weighted by molar-refractivity contribution is 9.10. The summed E-state index contributed by atoms with van der Waals surface area (Å²) in [7, 11) is 0. The number of benzene rings is 2. The van der Waals surface area contributed by atoms with Gasteiger partial charge in [-0.05, 0) is 48.0 Å². The quantitative estimate of drug-likeness (QED) is 0.311. The summed E-state index contributed by atoms with van der Waals surface area (Å²) in [6.45, 7) is 0. The Labute approximate surface area is 184 Å². The van der Waals surface area contributed by atoms with E-state index in [4.69, 9.17) is 28.9 Å². The molecule has 0 aliphatic heterocycles. The minimum absolute atomic E-state index is 0.0195. The van der Waals surface area contributed by atoms with E-state index in [1.54, 1.807) is 12.1 Å². The van der Waals surface area contributed by atoms with Gasteiger partial charge in [-0.2, -0.15) is 0 Å². The summed E-state index contributed by atoms with van der Waals surface area (Å²) in [6.07, 6.45) is 0.292. The van der Waals surface area contributed by atoms with Gasteiger partial charge >= 0.3 is 0 Å². The Kier molecular flexibility index (Phi) is 5.43. The zero-order valence-electron chi connectivity index (χ0n) is 14.4. The number of Topliss-reactive ketones (excluding diaryl/α,β-unsaturated/α-hetero) is 1. The average Bonchev–Trinajstić information content (AvgIpc) is 3.00. The number of pyridine rings is 1. The first-order valence-electron chi connectivity index (χ1n) is 8.34. The van der Waals surface area contributed by atoms with Crippen molar-refractivity contribution in [2.24, 2.45) is 0 Å². The predicted octanol–water partition coefficient (Wildman–Crippen LogP) is 7.04. The summed E-state index contributed by atoms with van der Waals surface area (Å²) in [5.41, 5.74) is 9.16. The van der Waals surface area contributed by atoms with Gasteiger partial charge in [0.1, 0.15) is 4.83 Å². The molecule has 4 aromatic rings. The molecule has 0 radical (unpaired) electrons. The molecule has 4 rings (SSSR count). The van der Waals surface area contributed by atoms with Gasteiger partial charge in [0.25, 0.3) is 0 Å². The minimum Gasteiger partial charge on any atom is -0.397 e. The van der Waals surface area contributed by atoms with Gasteiger partial charge in [-0.15, -0.1) is 11.3 Å². The molecule has 7 heteroatoms. The summed E-state index contributed by atoms with van der Waals surface area (Å²) in [5.74, 6) is -0.0195. The summed E-state index contributed by atoms with van der Waals surface area (Å²) in [4.78, 5) is 18.7. The molecule has 28 heavy (non-hydrogen) atoms. The Bertz CT molecular complexity index is 1210. The molecule has 0 unspecified atom stereocenters. The smallest absolute Gasteiger partial charge is 0.179 e. The molecule has 0 saturated heterocycles. The monoisotopic (exact) mass is 490 g/mol. The molecule has 0 bridgehead atoms. The maximum atomic E-state index is 12.8. The van der Waals surface area contributed by atoms with Crippen LogP contribution in [0.2, 0.25) is 10.0 Å². The van der Waals surface area contributed by atoms with Crippen LogP contribution < -0.4 is 5.73 Å². The lowest BCUT2D eigenvalue weighted by Crippen LogP contribution is -2.03. The van der Waals surface area contributed by atoms with E-state index in [1.807, 2.05) is 42.5 Å². The molecule has 3 nitrogen and oxygen atoms in total. The predicted molar refractivity (Wildman–Crippen MR) is 122 cm³/mol. The molecular formula is C21H13BrCl2N2OS. The van der Waals surface area contributed by atoms with Gasteiger partial charge in [0.2, 0.25) is 0 Å². The Balaban J connectivity index is 1.70. The van der Waals surface area contributed by atoms with E-state index in [1.165, 1.54) is 11.3 Å². The highest BCUT2D eigenvalue weighted by Gasteiger charge is 2.18. The first-order chi connectivity index (χ1) is 13.4. The average molecular weight is 492 g/mol. The number of thiophene rings is 1. The number of aromatic nitrogens is 1. The molecule has 2 heterocycles. The standard InChI is InChI=1S/C21H13BrCl2N2OS/c22-12-3-1-11(2-4-12)9-18(27)20-19(25)15-7-8-17(26-21(15)28-20)14-6-5-13(23)10-16(14)24/h1-8,10H,9,25H2. The number of fused-ring (bicyclic) bond motifs is 1. The van der Waals surface area contributed by atoms with Gasteiger partial charge in [-0.25, -0.2) is 4.98 Å². The lowest BCUT2D eigenvalue weighted by molar-refractivity contribution is 0.0997. The Morgan fingerprint density at radius 2 is 1.82 bits per heavy atom.